The molecule has 0 heterocycles. The number of nitrogens with one attached hydrogen (secondary N) is 1. The maximum atomic E-state index is 11.9. The molecule has 2 N–H and O–H groups in total. The van der Waals surface area contributed by atoms with Gasteiger partial charge in [0.05, 0.1) is 27.7 Å². The van der Waals surface area contributed by atoms with Crippen LogP contribution in [0.4, 0.5) is 4.79 Å². The van der Waals surface area contributed by atoms with E-state index in [9.17, 15) is 14.3 Å². The molecule has 0 saturated heterocycles. The summed E-state index contributed by atoms with van der Waals surface area (Å²) in [6, 6.07) is 0. The van der Waals surface area contributed by atoms with Crippen LogP contribution >= 0.6 is 7.82 Å². The van der Waals surface area contributed by atoms with Gasteiger partial charge in [-0.15, -0.1) is 0 Å². The minimum atomic E-state index is -4.18. The van der Waals surface area contributed by atoms with Crippen molar-refractivity contribution in [2.75, 3.05) is 61.2 Å². The van der Waals surface area contributed by atoms with Gasteiger partial charge in [-0.1, -0.05) is 77.6 Å². The van der Waals surface area contributed by atoms with Crippen molar-refractivity contribution >= 4 is 13.9 Å². The van der Waals surface area contributed by atoms with Crippen LogP contribution in [0.1, 0.15) is 84.0 Å². The smallest absolute Gasteiger partial charge is 0.447 e. The summed E-state index contributed by atoms with van der Waals surface area (Å²) in [5, 5.41) is 2.72. The van der Waals surface area contributed by atoms with E-state index in [1.54, 1.807) is 0 Å². The molecule has 0 spiro atoms. The Labute approximate surface area is 208 Å². The first-order valence-electron chi connectivity index (χ1n) is 13.0. The molecule has 2 atom stereocenters. The van der Waals surface area contributed by atoms with Gasteiger partial charge >= 0.3 is 13.9 Å². The van der Waals surface area contributed by atoms with Crippen LogP contribution in [-0.2, 0) is 23.1 Å². The molecule has 0 aliphatic heterocycles. The van der Waals surface area contributed by atoms with E-state index in [0.717, 1.165) is 12.8 Å². The van der Waals surface area contributed by atoms with Crippen LogP contribution in [0.3, 0.4) is 0 Å². The van der Waals surface area contributed by atoms with Crippen LogP contribution in [0, 0.1) is 0 Å². The molecule has 9 nitrogen and oxygen atoms in total. The molecule has 1 amide bonds. The van der Waals surface area contributed by atoms with Gasteiger partial charge in [0.25, 0.3) is 0 Å². The Morgan fingerprint density at radius 1 is 0.882 bits per heavy atom. The van der Waals surface area contributed by atoms with E-state index in [2.05, 4.69) is 12.2 Å². The maximum absolute atomic E-state index is 11.9. The van der Waals surface area contributed by atoms with Gasteiger partial charge in [0, 0.05) is 13.7 Å². The molecule has 2 unspecified atom stereocenters. The van der Waals surface area contributed by atoms with Gasteiger partial charge in [-0.25, -0.2) is 9.36 Å². The van der Waals surface area contributed by atoms with Crippen molar-refractivity contribution in [1.29, 1.82) is 0 Å². The summed E-state index contributed by atoms with van der Waals surface area (Å²) >= 11 is 0. The Morgan fingerprint density at radius 2 is 1.41 bits per heavy atom. The van der Waals surface area contributed by atoms with Crippen LogP contribution in [0.2, 0.25) is 0 Å². The molecule has 10 heteroatoms. The topological polar surface area (TPSA) is 103 Å². The van der Waals surface area contributed by atoms with Gasteiger partial charge in [-0.3, -0.25) is 9.05 Å². The molecule has 0 rings (SSSR count). The van der Waals surface area contributed by atoms with Crippen molar-refractivity contribution in [3.63, 3.8) is 0 Å². The number of hydrogen-bond donors (Lipinski definition) is 2. The lowest BCUT2D eigenvalue weighted by molar-refractivity contribution is -0.870. The minimum absolute atomic E-state index is 0.0837. The third-order valence-electron chi connectivity index (χ3n) is 5.47. The number of methoxy groups -OCH3 is 1. The first-order chi connectivity index (χ1) is 16.1. The van der Waals surface area contributed by atoms with E-state index >= 15 is 0 Å². The highest BCUT2D eigenvalue weighted by Gasteiger charge is 2.25. The van der Waals surface area contributed by atoms with E-state index in [1.807, 2.05) is 21.1 Å². The number of unbranched alkanes of at least 4 members (excludes halogenated alkanes) is 11. The summed E-state index contributed by atoms with van der Waals surface area (Å²) in [6.07, 6.45) is 14.0. The van der Waals surface area contributed by atoms with Crippen LogP contribution in [-0.4, -0.2) is 82.7 Å². The third-order valence-corrected chi connectivity index (χ3v) is 6.46. The standard InChI is InChI=1S/C24H51N2O7P/c1-6-7-8-9-10-11-12-13-14-15-16-17-18-25-24(27)31-21-23(30-5)22-33-34(28,29)32-20-19-26(2,3)4/h23H,6-22H2,1-5H3,(H-,25,27,28,29)/p+1. The lowest BCUT2D eigenvalue weighted by Gasteiger charge is -2.24. The first-order valence-corrected chi connectivity index (χ1v) is 14.4. The highest BCUT2D eigenvalue weighted by molar-refractivity contribution is 7.47. The normalized spacial score (nSPS) is 14.5. The number of nitrogens with zero attached hydrogens (tertiary/aromatic N) is 1. The molecule has 34 heavy (non-hydrogen) atoms. The molecule has 0 aromatic carbocycles. The van der Waals surface area contributed by atoms with Crippen molar-refractivity contribution in [2.45, 2.75) is 90.1 Å². The summed E-state index contributed by atoms with van der Waals surface area (Å²) in [6.45, 7) is 3.16. The monoisotopic (exact) mass is 511 g/mol. The fraction of sp³-hybridized carbons (Fsp3) is 0.958. The molecular formula is C24H52N2O7P+. The average molecular weight is 512 g/mol. The Morgan fingerprint density at radius 3 is 1.91 bits per heavy atom. The molecule has 0 radical (unpaired) electrons. The van der Waals surface area contributed by atoms with Crippen LogP contribution in [0.15, 0.2) is 0 Å². The summed E-state index contributed by atoms with van der Waals surface area (Å²) < 4.78 is 32.7. The molecule has 204 valence electrons. The molecule has 0 bridgehead atoms. The second kappa shape index (κ2) is 20.5. The second-order valence-corrected chi connectivity index (χ2v) is 11.3. The first kappa shape index (κ1) is 33.3. The van der Waals surface area contributed by atoms with Gasteiger partial charge in [-0.05, 0) is 6.42 Å². The Bertz CT molecular complexity index is 544. The summed E-state index contributed by atoms with van der Waals surface area (Å²) in [7, 11) is 3.09. The molecule has 0 aliphatic carbocycles. The Hall–Kier alpha value is -0.700. The SMILES string of the molecule is CCCCCCCCCCCCCCNC(=O)OCC(COP(=O)(O)OCC[N+](C)(C)C)OC. The number of phosphoric acid groups is 1. The van der Waals surface area contributed by atoms with Gasteiger partial charge in [0.15, 0.2) is 0 Å². The van der Waals surface area contributed by atoms with Crippen molar-refractivity contribution in [3.8, 4) is 0 Å². The summed E-state index contributed by atoms with van der Waals surface area (Å²) in [5.41, 5.74) is 0. The number of alkyl carbamates (subject to hydrolysis) is 1. The number of ether oxygens (including phenoxy) is 2. The van der Waals surface area contributed by atoms with Crippen LogP contribution < -0.4 is 5.32 Å². The Balaban J connectivity index is 3.71. The van der Waals surface area contributed by atoms with Gasteiger partial charge in [0.2, 0.25) is 0 Å². The van der Waals surface area contributed by atoms with Gasteiger partial charge in [-0.2, -0.15) is 0 Å². The number of carbonyl (C=O) groups is 1. The highest BCUT2D eigenvalue weighted by atomic mass is 31.2. The fourth-order valence-electron chi connectivity index (χ4n) is 3.20. The minimum Gasteiger partial charge on any atom is -0.447 e. The number of amides is 1. The van der Waals surface area contributed by atoms with Crippen molar-refractivity contribution < 1.29 is 37.3 Å². The average Bonchev–Trinajstić information content (AvgIpc) is 2.76. The quantitative estimate of drug-likeness (QED) is 0.109. The zero-order valence-electron chi connectivity index (χ0n) is 22.4. The zero-order valence-corrected chi connectivity index (χ0v) is 23.3. The fourth-order valence-corrected chi connectivity index (χ4v) is 3.95. The van der Waals surface area contributed by atoms with Crippen molar-refractivity contribution in [1.82, 2.24) is 5.32 Å². The van der Waals surface area contributed by atoms with E-state index in [-0.39, 0.29) is 19.8 Å². The molecule has 0 fully saturated rings. The lowest BCUT2D eigenvalue weighted by atomic mass is 10.1. The molecular weight excluding hydrogens is 459 g/mol. The van der Waals surface area contributed by atoms with Gasteiger partial charge < -0.3 is 24.2 Å². The predicted molar refractivity (Wildman–Crippen MR) is 136 cm³/mol. The lowest BCUT2D eigenvalue weighted by Crippen LogP contribution is -2.37. The summed E-state index contributed by atoms with van der Waals surface area (Å²) in [5.74, 6) is 0. The third kappa shape index (κ3) is 23.1. The van der Waals surface area contributed by atoms with E-state index in [0.29, 0.717) is 17.6 Å². The number of phosphoric ester groups is 1. The maximum Gasteiger partial charge on any atom is 0.472 e. The number of likely N-dealkylation sites (N-methyl/N-ethyl adjacent to an activating group) is 1. The molecule has 0 aromatic rings. The van der Waals surface area contributed by atoms with Crippen molar-refractivity contribution in [3.05, 3.63) is 0 Å². The molecule has 0 saturated carbocycles. The van der Waals surface area contributed by atoms with Crippen molar-refractivity contribution in [2.24, 2.45) is 0 Å². The van der Waals surface area contributed by atoms with Crippen LogP contribution in [0.25, 0.3) is 0 Å². The number of hydrogen-bond acceptors (Lipinski definition) is 6. The summed E-state index contributed by atoms with van der Waals surface area (Å²) in [4.78, 5) is 21.6. The largest absolute Gasteiger partial charge is 0.472 e. The van der Waals surface area contributed by atoms with E-state index < -0.39 is 20.0 Å². The zero-order chi connectivity index (χ0) is 25.7. The second-order valence-electron chi connectivity index (χ2n) is 9.88. The predicted octanol–water partition coefficient (Wildman–Crippen LogP) is 5.27. The van der Waals surface area contributed by atoms with Gasteiger partial charge in [0.1, 0.15) is 25.9 Å². The number of quaternary nitrogens is 1. The van der Waals surface area contributed by atoms with E-state index in [1.165, 1.54) is 71.3 Å². The number of rotatable bonds is 23. The Kier molecular flexibility index (Phi) is 20.1. The highest BCUT2D eigenvalue weighted by Crippen LogP contribution is 2.43. The van der Waals surface area contributed by atoms with Crippen LogP contribution in [0.5, 0.6) is 0 Å². The van der Waals surface area contributed by atoms with E-state index in [4.69, 9.17) is 18.5 Å². The molecule has 0 aromatic heterocycles. The molecule has 0 aliphatic rings. The number of carbonyl (C=O) groups excluding carboxylic acids is 1.